The number of aliphatic hydroxyl groups excluding tert-OH is 2. The Bertz CT molecular complexity index is 3690. The van der Waals surface area contributed by atoms with Crippen LogP contribution in [0, 0.1) is 48.4 Å². The van der Waals surface area contributed by atoms with Crippen molar-refractivity contribution in [2.45, 2.75) is 180 Å². The van der Waals surface area contributed by atoms with Crippen molar-refractivity contribution < 1.29 is 53.1 Å². The molecule has 0 aliphatic carbocycles. The number of aromatic nitrogens is 4. The smallest absolute Gasteiger partial charge is 0.444 e. The Morgan fingerprint density at radius 3 is 1.67 bits per heavy atom. The van der Waals surface area contributed by atoms with E-state index in [1.807, 2.05) is 71.0 Å². The summed E-state index contributed by atoms with van der Waals surface area (Å²) in [6.45, 7) is 18.2. The number of rotatable bonds is 20. The van der Waals surface area contributed by atoms with Crippen LogP contribution < -0.4 is 33.1 Å². The number of carbonyl (C=O) groups excluding carboxylic acids is 4. The normalized spacial score (nSPS) is 20.7. The fourth-order valence-electron chi connectivity index (χ4n) is 11.5. The van der Waals surface area contributed by atoms with Gasteiger partial charge in [-0.2, -0.15) is 0 Å². The van der Waals surface area contributed by atoms with Gasteiger partial charge in [0, 0.05) is 108 Å². The summed E-state index contributed by atoms with van der Waals surface area (Å²) in [5, 5.41) is 24.2. The van der Waals surface area contributed by atoms with E-state index in [1.54, 1.807) is 4.90 Å². The third-order valence-corrected chi connectivity index (χ3v) is 16.5. The second-order valence-electron chi connectivity index (χ2n) is 25.0. The minimum absolute atomic E-state index is 0.0179. The molecule has 4 fully saturated rings. The molecule has 25 heteroatoms. The number of hydrogen-bond acceptors (Lipinski definition) is 18. The molecule has 2 aromatic heterocycles. The molecule has 0 bridgehead atoms. The summed E-state index contributed by atoms with van der Waals surface area (Å²) >= 11 is 0. The van der Waals surface area contributed by atoms with Crippen LogP contribution in [0.5, 0.6) is 0 Å². The van der Waals surface area contributed by atoms with E-state index >= 15 is 0 Å². The van der Waals surface area contributed by atoms with Crippen LogP contribution in [-0.2, 0) is 46.4 Å². The van der Waals surface area contributed by atoms with Gasteiger partial charge in [-0.3, -0.25) is 48.1 Å². The molecule has 4 aliphatic heterocycles. The maximum atomic E-state index is 13.1. The first-order valence-electron chi connectivity index (χ1n) is 32.8. The molecule has 2 aromatic carbocycles. The van der Waals surface area contributed by atoms with E-state index in [0.717, 1.165) is 55.6 Å². The van der Waals surface area contributed by atoms with Crippen molar-refractivity contribution in [1.82, 2.24) is 49.3 Å². The van der Waals surface area contributed by atoms with E-state index in [9.17, 15) is 48.6 Å². The molecule has 8 rings (SSSR count). The molecule has 6 N–H and O–H groups in total. The van der Waals surface area contributed by atoms with E-state index in [4.69, 9.17) is 36.5 Å². The van der Waals surface area contributed by atoms with Gasteiger partial charge < -0.3 is 54.3 Å². The molecule has 3 amide bonds. The number of nitrogens with one attached hydrogen (secondary N) is 4. The number of nitrogens with zero attached hydrogens (tertiary/aromatic N) is 6. The van der Waals surface area contributed by atoms with Crippen LogP contribution in [0.2, 0.25) is 0 Å². The fraction of sp³-hybridized carbons (Fsp3) is 0.549. The second kappa shape index (κ2) is 38.1. The summed E-state index contributed by atoms with van der Waals surface area (Å²) < 4.78 is 31.1. The molecular formula is C71H94N10O15. The highest BCUT2D eigenvalue weighted by Gasteiger charge is 2.40. The van der Waals surface area contributed by atoms with Crippen molar-refractivity contribution in [3.8, 4) is 48.4 Å². The molecule has 4 aromatic rings. The van der Waals surface area contributed by atoms with Crippen molar-refractivity contribution in [2.75, 3.05) is 72.6 Å². The Labute approximate surface area is 561 Å². The van der Waals surface area contributed by atoms with Crippen LogP contribution in [0.3, 0.4) is 0 Å². The van der Waals surface area contributed by atoms with Crippen molar-refractivity contribution in [3.05, 3.63) is 136 Å². The van der Waals surface area contributed by atoms with E-state index in [0.29, 0.717) is 45.1 Å². The number of H-pyrrole nitrogens is 2. The molecule has 96 heavy (non-hydrogen) atoms. The highest BCUT2D eigenvalue weighted by Crippen LogP contribution is 2.33. The number of aromatic amines is 2. The molecule has 518 valence electrons. The Hall–Kier alpha value is -8.76. The largest absolute Gasteiger partial charge is 0.508 e. The third kappa shape index (κ3) is 24.5. The van der Waals surface area contributed by atoms with Gasteiger partial charge in [0.25, 0.3) is 11.1 Å². The summed E-state index contributed by atoms with van der Waals surface area (Å²) in [5.74, 6) is 15.3. The third-order valence-electron chi connectivity index (χ3n) is 16.5. The minimum atomic E-state index is -0.877. The lowest BCUT2D eigenvalue weighted by molar-refractivity contribution is -0.119. The topological polar surface area (TPSA) is 302 Å². The monoisotopic (exact) mass is 1330 g/mol. The Morgan fingerprint density at radius 1 is 0.698 bits per heavy atom. The Morgan fingerprint density at radius 2 is 1.19 bits per heavy atom. The fourth-order valence-corrected chi connectivity index (χ4v) is 11.5. The van der Waals surface area contributed by atoms with Crippen LogP contribution in [-0.4, -0.2) is 188 Å². The minimum Gasteiger partial charge on any atom is -0.444 e. The van der Waals surface area contributed by atoms with Crippen molar-refractivity contribution in [1.29, 1.82) is 0 Å². The first-order chi connectivity index (χ1) is 45.9. The maximum absolute atomic E-state index is 13.1. The molecule has 0 saturated carbocycles. The number of benzene rings is 2. The maximum Gasteiger partial charge on any atom is 0.508 e. The summed E-state index contributed by atoms with van der Waals surface area (Å²) in [7, 11) is 2.21. The molecule has 6 heterocycles. The summed E-state index contributed by atoms with van der Waals surface area (Å²) in [6, 6.07) is 16.3. The quantitative estimate of drug-likeness (QED) is 0.0523. The zero-order valence-electron chi connectivity index (χ0n) is 56.5. The standard InChI is InChI=1S/C38H49N5O9.C18H26N2O.C15H19N3O5/c1-7-27-14-16-28(17-15-27)23-41(25-30-13-9-10-19-42(30)36(47)52-38(4,5)6)20-21-49-37(48)51-32-22-33(50-31(32)8-2)43-24-29(34(45)40-35(43)46)12-11-18-39-26(3)44;1-3-16-7-9-17(10-8-16)14-20(12-13-21)15-18-6-4-5-11-19(18)2;1-3-12-11(20)7-13(23-12)18-8-10(14(21)17-15(18)22)5-4-6-16-9(2)19/h1,14-17,24,30-33H,8-10,13,18-23,25H2,2-6H3,(H,39,44)(H,40,45,46);1,7-10,18,21H,4-6,11-15H2,2H3;8,11-13,20H,3,6-7H2,1-2H3,(H,16,19)(H,17,21,22)/t30?,31-,32?,33-;;11?,12-,13-/m1.1/s1. The van der Waals surface area contributed by atoms with Crippen LogP contribution in [0.4, 0.5) is 9.59 Å². The molecule has 0 spiro atoms. The lowest BCUT2D eigenvalue weighted by Gasteiger charge is -2.39. The van der Waals surface area contributed by atoms with Gasteiger partial charge in [0.05, 0.1) is 38.0 Å². The second-order valence-corrected chi connectivity index (χ2v) is 25.0. The molecule has 4 unspecified atom stereocenters. The zero-order valence-corrected chi connectivity index (χ0v) is 56.5. The molecular weight excluding hydrogens is 1230 g/mol. The number of hydrogen-bond donors (Lipinski definition) is 6. The van der Waals surface area contributed by atoms with Gasteiger partial charge in [-0.05, 0) is 115 Å². The number of ether oxygens (including phenoxy) is 5. The zero-order chi connectivity index (χ0) is 69.9. The van der Waals surface area contributed by atoms with Gasteiger partial charge in [-0.15, -0.1) is 12.8 Å². The number of likely N-dealkylation sites (tertiary alicyclic amines) is 2. The van der Waals surface area contributed by atoms with Crippen LogP contribution in [0.1, 0.15) is 159 Å². The summed E-state index contributed by atoms with van der Waals surface area (Å²) in [4.78, 5) is 110. The Balaban J connectivity index is 0.000000270. The molecule has 0 radical (unpaired) electrons. The van der Waals surface area contributed by atoms with E-state index in [1.165, 1.54) is 66.7 Å². The number of aliphatic hydroxyl groups is 2. The van der Waals surface area contributed by atoms with Gasteiger partial charge in [0.2, 0.25) is 11.8 Å². The number of amides is 3. The predicted octanol–water partition coefficient (Wildman–Crippen LogP) is 4.55. The van der Waals surface area contributed by atoms with Gasteiger partial charge in [-0.1, -0.05) is 80.1 Å². The molecule has 4 saturated heterocycles. The van der Waals surface area contributed by atoms with Gasteiger partial charge in [0.15, 0.2) is 0 Å². The molecule has 8 atom stereocenters. The van der Waals surface area contributed by atoms with E-state index in [2.05, 4.69) is 90.0 Å². The molecule has 4 aliphatic rings. The van der Waals surface area contributed by atoms with Crippen molar-refractivity contribution in [2.24, 2.45) is 0 Å². The van der Waals surface area contributed by atoms with E-state index in [-0.39, 0.29) is 80.3 Å². The average Bonchev–Trinajstić information content (AvgIpc) is 1.58. The summed E-state index contributed by atoms with van der Waals surface area (Å²) in [5.41, 5.74) is 0.860. The van der Waals surface area contributed by atoms with Gasteiger partial charge in [-0.25, -0.2) is 19.2 Å². The van der Waals surface area contributed by atoms with Crippen LogP contribution in [0.15, 0.2) is 80.1 Å². The van der Waals surface area contributed by atoms with E-state index < -0.39 is 65.0 Å². The number of carbonyl (C=O) groups is 4. The van der Waals surface area contributed by atoms with Gasteiger partial charge >= 0.3 is 23.6 Å². The first-order valence-corrected chi connectivity index (χ1v) is 32.8. The van der Waals surface area contributed by atoms with Crippen LogP contribution in [0.25, 0.3) is 0 Å². The van der Waals surface area contributed by atoms with Crippen LogP contribution >= 0.6 is 0 Å². The highest BCUT2D eigenvalue weighted by molar-refractivity contribution is 5.73. The van der Waals surface area contributed by atoms with Gasteiger partial charge in [0.1, 0.15) is 41.9 Å². The average molecular weight is 1330 g/mol. The van der Waals surface area contributed by atoms with Crippen molar-refractivity contribution in [3.63, 3.8) is 0 Å². The summed E-state index contributed by atoms with van der Waals surface area (Å²) in [6.07, 6.45) is 16.7. The lowest BCUT2D eigenvalue weighted by Crippen LogP contribution is -2.51. The number of likely N-dealkylation sites (N-methyl/N-ethyl adjacent to an activating group) is 1. The predicted molar refractivity (Wildman–Crippen MR) is 361 cm³/mol. The molecule has 25 nitrogen and oxygen atoms in total. The SMILES string of the molecule is C#Cc1ccc(CN(CCO)CC2CCCCN2C)cc1.C#Cc1ccc(CN(CCOC(=O)OC2C[C@H](n3cc(C#CCNC(C)=O)c(=O)[nH]c3=O)O[C@@H]2CC)CC2CCCCN2C(=O)OC(C)(C)C)cc1.CC[C@H]1O[C@@H](n2cc(C#CCNC(C)=O)c(=O)[nH]c2=O)CC1O. The Kier molecular flexibility index (Phi) is 30.3. The number of terminal acetylenes is 2. The first kappa shape index (κ1) is 76.3. The van der Waals surface area contributed by atoms with Crippen molar-refractivity contribution >= 4 is 24.1 Å². The number of piperidine rings is 2. The lowest BCUT2D eigenvalue weighted by atomic mass is 10.0. The highest BCUT2D eigenvalue weighted by atomic mass is 16.7.